The Kier molecular flexibility index (Phi) is 12.0. The van der Waals surface area contributed by atoms with Crippen molar-refractivity contribution in [2.75, 3.05) is 19.7 Å². The van der Waals surface area contributed by atoms with Gasteiger partial charge in [0.25, 0.3) is 6.26 Å². The molecule has 0 aliphatic heterocycles. The quantitative estimate of drug-likeness (QED) is 0.175. The Morgan fingerprint density at radius 1 is 0.882 bits per heavy atom. The fourth-order valence-corrected chi connectivity index (χ4v) is 3.23. The van der Waals surface area contributed by atoms with E-state index in [1.54, 1.807) is 73.0 Å². The maximum Gasteiger partial charge on any atom is 0.424 e. The topological polar surface area (TPSA) is 118 Å². The van der Waals surface area contributed by atoms with Crippen LogP contribution < -0.4 is 9.47 Å². The average molecular weight is 466 g/mol. The Balaban J connectivity index is 1.99. The zero-order valence-electron chi connectivity index (χ0n) is 18.8. The van der Waals surface area contributed by atoms with Crippen LogP contribution in [0, 0.1) is 17.4 Å². The zero-order chi connectivity index (χ0) is 24.4. The number of isocyanates is 1. The molecule has 1 atom stereocenters. The zero-order valence-corrected chi connectivity index (χ0v) is 18.8. The summed E-state index contributed by atoms with van der Waals surface area (Å²) >= 11 is 0. The molecule has 9 heteroatoms. The predicted molar refractivity (Wildman–Crippen MR) is 123 cm³/mol. The SMILES string of the molecule is N#COCCCCC(CCCN(C(=O)Oc1ccccc1)C(=O)Oc1ccccc1)CN=C=O. The lowest BCUT2D eigenvalue weighted by Gasteiger charge is -2.21. The van der Waals surface area contributed by atoms with Gasteiger partial charge >= 0.3 is 12.2 Å². The molecule has 0 saturated heterocycles. The first-order valence-electron chi connectivity index (χ1n) is 11.0. The van der Waals surface area contributed by atoms with E-state index in [1.807, 2.05) is 0 Å². The minimum atomic E-state index is -0.844. The van der Waals surface area contributed by atoms with Crippen LogP contribution in [0.5, 0.6) is 11.5 Å². The first-order valence-corrected chi connectivity index (χ1v) is 11.0. The van der Waals surface area contributed by atoms with Crippen LogP contribution in [0.2, 0.25) is 0 Å². The summed E-state index contributed by atoms with van der Waals surface area (Å²) in [5.41, 5.74) is 0. The molecule has 9 nitrogen and oxygen atoms in total. The fraction of sp³-hybridized carbons (Fsp3) is 0.360. The van der Waals surface area contributed by atoms with Crippen LogP contribution in [0.25, 0.3) is 0 Å². The number of unbranched alkanes of at least 4 members (excludes halogenated alkanes) is 1. The molecule has 2 rings (SSSR count). The van der Waals surface area contributed by atoms with Gasteiger partial charge in [-0.1, -0.05) is 36.4 Å². The van der Waals surface area contributed by atoms with E-state index in [-0.39, 0.29) is 12.5 Å². The maximum absolute atomic E-state index is 12.8. The van der Waals surface area contributed by atoms with Crippen LogP contribution in [-0.2, 0) is 9.53 Å². The second-order valence-electron chi connectivity index (χ2n) is 7.39. The molecule has 0 aliphatic rings. The van der Waals surface area contributed by atoms with Gasteiger partial charge in [-0.15, -0.1) is 0 Å². The number of carbonyl (C=O) groups is 2. The molecule has 178 valence electrons. The first-order chi connectivity index (χ1) is 16.6. The Hall–Kier alpha value is -4.15. The van der Waals surface area contributed by atoms with E-state index in [0.717, 1.165) is 17.7 Å². The van der Waals surface area contributed by atoms with Crippen LogP contribution in [-0.4, -0.2) is 42.9 Å². The number of aliphatic imine (C=N–C) groups is 1. The van der Waals surface area contributed by atoms with E-state index in [4.69, 9.17) is 14.7 Å². The average Bonchev–Trinajstić information content (AvgIpc) is 2.85. The van der Waals surface area contributed by atoms with E-state index in [1.165, 1.54) is 0 Å². The van der Waals surface area contributed by atoms with Crippen LogP contribution in [0.3, 0.4) is 0 Å². The van der Waals surface area contributed by atoms with Gasteiger partial charge in [-0.2, -0.15) is 5.26 Å². The lowest BCUT2D eigenvalue weighted by atomic mass is 9.96. The lowest BCUT2D eigenvalue weighted by Crippen LogP contribution is -2.41. The Morgan fingerprint density at radius 3 is 1.97 bits per heavy atom. The highest BCUT2D eigenvalue weighted by Gasteiger charge is 2.26. The van der Waals surface area contributed by atoms with E-state index in [9.17, 15) is 14.4 Å². The molecule has 0 fully saturated rings. The lowest BCUT2D eigenvalue weighted by molar-refractivity contribution is 0.130. The molecule has 2 amide bonds. The molecule has 0 saturated carbocycles. The molecular formula is C25H27N3O6. The standard InChI is InChI=1S/C25H27N3O6/c26-19-32-17-8-7-10-21(18-27-20-29)11-9-16-28(24(30)33-22-12-3-1-4-13-22)25(31)34-23-14-5-2-6-15-23/h1-6,12-15,21H,7-11,16-18H2. The van der Waals surface area contributed by atoms with Crippen LogP contribution in [0.4, 0.5) is 9.59 Å². The van der Waals surface area contributed by atoms with Gasteiger partial charge in [-0.3, -0.25) is 0 Å². The van der Waals surface area contributed by atoms with Crippen molar-refractivity contribution in [1.29, 1.82) is 5.26 Å². The van der Waals surface area contributed by atoms with Crippen LogP contribution in [0.15, 0.2) is 65.7 Å². The van der Waals surface area contributed by atoms with E-state index in [0.29, 0.717) is 43.9 Å². The van der Waals surface area contributed by atoms with Gasteiger partial charge in [0.2, 0.25) is 6.08 Å². The van der Waals surface area contributed by atoms with E-state index < -0.39 is 12.2 Å². The smallest absolute Gasteiger partial charge is 0.424 e. The van der Waals surface area contributed by atoms with Crippen LogP contribution in [0.1, 0.15) is 32.1 Å². The molecule has 0 bridgehead atoms. The third-order valence-electron chi connectivity index (χ3n) is 4.92. The molecule has 0 N–H and O–H groups in total. The Bertz CT molecular complexity index is 918. The maximum atomic E-state index is 12.8. The summed E-state index contributed by atoms with van der Waals surface area (Å²) in [6.07, 6.45) is 4.80. The number of rotatable bonds is 13. The summed E-state index contributed by atoms with van der Waals surface area (Å²) in [5, 5.41) is 8.42. The highest BCUT2D eigenvalue weighted by molar-refractivity contribution is 5.89. The monoisotopic (exact) mass is 465 g/mol. The third-order valence-corrected chi connectivity index (χ3v) is 4.92. The highest BCUT2D eigenvalue weighted by Crippen LogP contribution is 2.18. The number of nitriles is 1. The number of ether oxygens (including phenoxy) is 3. The second kappa shape index (κ2) is 15.6. The van der Waals surface area contributed by atoms with Crippen molar-refractivity contribution in [3.63, 3.8) is 0 Å². The molecule has 0 radical (unpaired) electrons. The summed E-state index contributed by atoms with van der Waals surface area (Å²) in [7, 11) is 0. The molecule has 0 spiro atoms. The number of amides is 2. The molecule has 34 heavy (non-hydrogen) atoms. The number of benzene rings is 2. The van der Waals surface area contributed by atoms with Crippen molar-refractivity contribution in [3.8, 4) is 17.8 Å². The molecule has 2 aromatic carbocycles. The van der Waals surface area contributed by atoms with Crippen molar-refractivity contribution < 1.29 is 28.6 Å². The first kappa shape index (κ1) is 26.1. The summed E-state index contributed by atoms with van der Waals surface area (Å²) in [5.74, 6) is 0.672. The van der Waals surface area contributed by atoms with Gasteiger partial charge in [0.15, 0.2) is 0 Å². The summed E-state index contributed by atoms with van der Waals surface area (Å²) in [6, 6.07) is 16.9. The third kappa shape index (κ3) is 9.98. The number of hydrogen-bond acceptors (Lipinski definition) is 8. The number of imide groups is 1. The van der Waals surface area contributed by atoms with Crippen molar-refractivity contribution >= 4 is 18.3 Å². The minimum absolute atomic E-state index is 0.0562. The predicted octanol–water partition coefficient (Wildman–Crippen LogP) is 5.09. The van der Waals surface area contributed by atoms with Gasteiger partial charge in [-0.25, -0.2) is 24.3 Å². The normalized spacial score (nSPS) is 10.8. The molecule has 0 heterocycles. The fourth-order valence-electron chi connectivity index (χ4n) is 3.23. The van der Waals surface area contributed by atoms with Gasteiger partial charge in [0.05, 0.1) is 6.54 Å². The number of para-hydroxylation sites is 2. The molecule has 2 aromatic rings. The number of nitrogens with zero attached hydrogens (tertiary/aromatic N) is 3. The molecule has 0 aliphatic carbocycles. The van der Waals surface area contributed by atoms with Gasteiger partial charge in [-0.05, 0) is 62.3 Å². The number of carbonyl (C=O) groups excluding carboxylic acids is 3. The van der Waals surface area contributed by atoms with Gasteiger partial charge in [0, 0.05) is 6.54 Å². The van der Waals surface area contributed by atoms with Crippen molar-refractivity contribution in [2.24, 2.45) is 10.9 Å². The minimum Gasteiger partial charge on any atom is -0.428 e. The Morgan fingerprint density at radius 2 is 1.44 bits per heavy atom. The summed E-state index contributed by atoms with van der Waals surface area (Å²) < 4.78 is 15.3. The van der Waals surface area contributed by atoms with Gasteiger partial charge in [0.1, 0.15) is 18.1 Å². The van der Waals surface area contributed by atoms with Crippen molar-refractivity contribution in [1.82, 2.24) is 4.90 Å². The molecule has 0 aromatic heterocycles. The summed E-state index contributed by atoms with van der Waals surface area (Å²) in [4.78, 5) is 40.7. The largest absolute Gasteiger partial charge is 0.428 e. The second-order valence-corrected chi connectivity index (χ2v) is 7.39. The van der Waals surface area contributed by atoms with E-state index in [2.05, 4.69) is 9.73 Å². The van der Waals surface area contributed by atoms with Gasteiger partial charge < -0.3 is 14.2 Å². The van der Waals surface area contributed by atoms with Crippen molar-refractivity contribution in [3.05, 3.63) is 60.7 Å². The van der Waals surface area contributed by atoms with Crippen molar-refractivity contribution in [2.45, 2.75) is 32.1 Å². The molecular weight excluding hydrogens is 438 g/mol. The highest BCUT2D eigenvalue weighted by atomic mass is 16.6. The van der Waals surface area contributed by atoms with E-state index >= 15 is 0 Å². The van der Waals surface area contributed by atoms with Crippen LogP contribution >= 0.6 is 0 Å². The molecule has 1 unspecified atom stereocenters. The summed E-state index contributed by atoms with van der Waals surface area (Å²) in [6.45, 7) is 0.701. The number of hydrogen-bond donors (Lipinski definition) is 0. The Labute approximate surface area is 198 Å².